The normalized spacial score (nSPS) is 12.4. The molecule has 0 aromatic carbocycles. The van der Waals surface area contributed by atoms with Gasteiger partial charge in [0.1, 0.15) is 5.69 Å². The number of nitrogens with zero attached hydrogens (tertiary/aromatic N) is 3. The Labute approximate surface area is 113 Å². The van der Waals surface area contributed by atoms with E-state index >= 15 is 0 Å². The molecule has 1 atom stereocenters. The van der Waals surface area contributed by atoms with Crippen LogP contribution in [0.3, 0.4) is 0 Å². The number of aryl methyl sites for hydroxylation is 2. The molecule has 0 fully saturated rings. The van der Waals surface area contributed by atoms with E-state index in [1.807, 2.05) is 36.9 Å². The average molecular weight is 260 g/mol. The van der Waals surface area contributed by atoms with Crippen LogP contribution in [0.25, 0.3) is 0 Å². The molecule has 1 unspecified atom stereocenters. The maximum Gasteiger partial charge on any atom is 0.161 e. The maximum atomic E-state index is 5.39. The van der Waals surface area contributed by atoms with Crippen LogP contribution in [0, 0.1) is 6.92 Å². The van der Waals surface area contributed by atoms with Crippen molar-refractivity contribution >= 4 is 0 Å². The molecule has 2 heterocycles. The summed E-state index contributed by atoms with van der Waals surface area (Å²) in [6.45, 7) is 4.91. The van der Waals surface area contributed by atoms with Crippen LogP contribution < -0.4 is 10.1 Å². The lowest BCUT2D eigenvalue weighted by atomic mass is 10.1. The third kappa shape index (κ3) is 2.76. The first-order chi connectivity index (χ1) is 9.17. The Morgan fingerprint density at radius 1 is 1.42 bits per heavy atom. The van der Waals surface area contributed by atoms with Crippen LogP contribution in [0.1, 0.15) is 30.0 Å². The predicted molar refractivity (Wildman–Crippen MR) is 74.3 cm³/mol. The van der Waals surface area contributed by atoms with Crippen molar-refractivity contribution in [3.8, 4) is 5.75 Å². The molecule has 5 nitrogen and oxygen atoms in total. The Morgan fingerprint density at radius 3 is 2.84 bits per heavy atom. The molecule has 2 aromatic heterocycles. The zero-order valence-corrected chi connectivity index (χ0v) is 11.8. The molecule has 0 aliphatic heterocycles. The Balaban J connectivity index is 2.48. The summed E-state index contributed by atoms with van der Waals surface area (Å²) < 4.78 is 7.22. The summed E-state index contributed by atoms with van der Waals surface area (Å²) in [5, 5.41) is 7.70. The van der Waals surface area contributed by atoms with Crippen LogP contribution in [-0.2, 0) is 7.05 Å². The standard InChI is InChI=1S/C14H20N4O/c1-5-15-13(11-8-6-7-10(2)17-11)14-12(19-4)9-16-18(14)3/h6-9,13,15H,5H2,1-4H3. The molecule has 0 radical (unpaired) electrons. The number of ether oxygens (including phenoxy) is 1. The Kier molecular flexibility index (Phi) is 4.16. The van der Waals surface area contributed by atoms with E-state index in [-0.39, 0.29) is 6.04 Å². The van der Waals surface area contributed by atoms with Gasteiger partial charge >= 0.3 is 0 Å². The molecule has 5 heteroatoms. The van der Waals surface area contributed by atoms with Gasteiger partial charge in [-0.25, -0.2) is 0 Å². The van der Waals surface area contributed by atoms with E-state index in [0.717, 1.165) is 29.4 Å². The number of hydrogen-bond acceptors (Lipinski definition) is 4. The quantitative estimate of drug-likeness (QED) is 0.891. The van der Waals surface area contributed by atoms with Gasteiger partial charge < -0.3 is 10.1 Å². The highest BCUT2D eigenvalue weighted by Gasteiger charge is 2.22. The van der Waals surface area contributed by atoms with Crippen molar-refractivity contribution in [1.82, 2.24) is 20.1 Å². The molecule has 19 heavy (non-hydrogen) atoms. The third-order valence-corrected chi connectivity index (χ3v) is 3.06. The van der Waals surface area contributed by atoms with Crippen LogP contribution in [0.2, 0.25) is 0 Å². The van der Waals surface area contributed by atoms with Crippen molar-refractivity contribution in [2.45, 2.75) is 19.9 Å². The van der Waals surface area contributed by atoms with E-state index in [2.05, 4.69) is 22.3 Å². The first kappa shape index (κ1) is 13.5. The van der Waals surface area contributed by atoms with Crippen molar-refractivity contribution in [2.75, 3.05) is 13.7 Å². The Morgan fingerprint density at radius 2 is 2.21 bits per heavy atom. The van der Waals surface area contributed by atoms with Crippen molar-refractivity contribution in [2.24, 2.45) is 7.05 Å². The van der Waals surface area contributed by atoms with Crippen molar-refractivity contribution < 1.29 is 4.74 Å². The van der Waals surface area contributed by atoms with Crippen LogP contribution in [0.15, 0.2) is 24.4 Å². The zero-order chi connectivity index (χ0) is 13.8. The van der Waals surface area contributed by atoms with Gasteiger partial charge in [0.05, 0.1) is 25.0 Å². The average Bonchev–Trinajstić information content (AvgIpc) is 2.77. The molecule has 0 saturated heterocycles. The molecule has 0 aliphatic carbocycles. The van der Waals surface area contributed by atoms with Gasteiger partial charge in [0.25, 0.3) is 0 Å². The van der Waals surface area contributed by atoms with Gasteiger partial charge in [-0.05, 0) is 25.6 Å². The van der Waals surface area contributed by atoms with Gasteiger partial charge in [-0.15, -0.1) is 0 Å². The van der Waals surface area contributed by atoms with Crippen molar-refractivity contribution in [3.05, 3.63) is 41.5 Å². The lowest BCUT2D eigenvalue weighted by molar-refractivity contribution is 0.400. The highest BCUT2D eigenvalue weighted by Crippen LogP contribution is 2.28. The number of methoxy groups -OCH3 is 1. The molecule has 0 saturated carbocycles. The molecular formula is C14H20N4O. The fourth-order valence-electron chi connectivity index (χ4n) is 2.18. The maximum absolute atomic E-state index is 5.39. The van der Waals surface area contributed by atoms with Gasteiger partial charge in [-0.2, -0.15) is 5.10 Å². The third-order valence-electron chi connectivity index (χ3n) is 3.06. The lowest BCUT2D eigenvalue weighted by Gasteiger charge is -2.19. The Hall–Kier alpha value is -1.88. The van der Waals surface area contributed by atoms with Gasteiger partial charge in [0.2, 0.25) is 0 Å². The molecule has 102 valence electrons. The smallest absolute Gasteiger partial charge is 0.161 e. The highest BCUT2D eigenvalue weighted by atomic mass is 16.5. The van der Waals surface area contributed by atoms with E-state index in [1.165, 1.54) is 0 Å². The Bertz CT molecular complexity index is 550. The van der Waals surface area contributed by atoms with Gasteiger partial charge in [-0.3, -0.25) is 9.67 Å². The number of hydrogen-bond donors (Lipinski definition) is 1. The summed E-state index contributed by atoms with van der Waals surface area (Å²) in [6.07, 6.45) is 1.73. The SMILES string of the molecule is CCNC(c1cccc(C)n1)c1c(OC)cnn1C. The topological polar surface area (TPSA) is 52.0 Å². The first-order valence-corrected chi connectivity index (χ1v) is 6.40. The predicted octanol–water partition coefficient (Wildman–Crippen LogP) is 1.83. The minimum Gasteiger partial charge on any atom is -0.493 e. The zero-order valence-electron chi connectivity index (χ0n) is 11.8. The number of nitrogens with one attached hydrogen (secondary N) is 1. The minimum absolute atomic E-state index is 0.0210. The molecule has 0 bridgehead atoms. The largest absolute Gasteiger partial charge is 0.493 e. The van der Waals surface area contributed by atoms with Crippen LogP contribution >= 0.6 is 0 Å². The highest BCUT2D eigenvalue weighted by molar-refractivity contribution is 5.34. The summed E-state index contributed by atoms with van der Waals surface area (Å²) in [4.78, 5) is 4.61. The number of pyridine rings is 1. The van der Waals surface area contributed by atoms with Crippen molar-refractivity contribution in [3.63, 3.8) is 0 Å². The number of aromatic nitrogens is 3. The summed E-state index contributed by atoms with van der Waals surface area (Å²) in [5.74, 6) is 0.775. The molecule has 2 rings (SSSR count). The molecule has 2 aromatic rings. The summed E-state index contributed by atoms with van der Waals surface area (Å²) in [7, 11) is 3.57. The monoisotopic (exact) mass is 260 g/mol. The molecule has 1 N–H and O–H groups in total. The van der Waals surface area contributed by atoms with Gasteiger partial charge in [-0.1, -0.05) is 13.0 Å². The lowest BCUT2D eigenvalue weighted by Crippen LogP contribution is -2.25. The van der Waals surface area contributed by atoms with E-state index < -0.39 is 0 Å². The summed E-state index contributed by atoms with van der Waals surface area (Å²) in [6, 6.07) is 6.01. The number of rotatable bonds is 5. The summed E-state index contributed by atoms with van der Waals surface area (Å²) >= 11 is 0. The van der Waals surface area contributed by atoms with E-state index in [4.69, 9.17) is 4.74 Å². The molecule has 0 amide bonds. The molecule has 0 spiro atoms. The van der Waals surface area contributed by atoms with E-state index in [9.17, 15) is 0 Å². The van der Waals surface area contributed by atoms with Gasteiger partial charge in [0, 0.05) is 12.7 Å². The second kappa shape index (κ2) is 5.84. The van der Waals surface area contributed by atoms with Crippen LogP contribution in [0.5, 0.6) is 5.75 Å². The van der Waals surface area contributed by atoms with Crippen molar-refractivity contribution in [1.29, 1.82) is 0 Å². The summed E-state index contributed by atoms with van der Waals surface area (Å²) in [5.41, 5.74) is 2.97. The fraction of sp³-hybridized carbons (Fsp3) is 0.429. The fourth-order valence-corrected chi connectivity index (χ4v) is 2.18. The second-order valence-electron chi connectivity index (χ2n) is 4.42. The van der Waals surface area contributed by atoms with E-state index in [1.54, 1.807) is 13.3 Å². The van der Waals surface area contributed by atoms with Gasteiger partial charge in [0.15, 0.2) is 5.75 Å². The molecule has 0 aliphatic rings. The second-order valence-corrected chi connectivity index (χ2v) is 4.42. The molecular weight excluding hydrogens is 240 g/mol. The van der Waals surface area contributed by atoms with E-state index in [0.29, 0.717) is 0 Å². The first-order valence-electron chi connectivity index (χ1n) is 6.40. The van der Waals surface area contributed by atoms with Crippen LogP contribution in [0.4, 0.5) is 0 Å². The van der Waals surface area contributed by atoms with Crippen LogP contribution in [-0.4, -0.2) is 28.4 Å². The minimum atomic E-state index is -0.0210.